The molecule has 1 saturated heterocycles. The highest BCUT2D eigenvalue weighted by molar-refractivity contribution is 7.96. The van der Waals surface area contributed by atoms with E-state index in [-0.39, 0.29) is 16.2 Å². The molecular weight excluding hydrogens is 417 g/mol. The average Bonchev–Trinajstić information content (AvgIpc) is 2.99. The number of halogens is 1. The van der Waals surface area contributed by atoms with Gasteiger partial charge < -0.3 is 10.1 Å². The highest BCUT2D eigenvalue weighted by Crippen LogP contribution is 2.27. The van der Waals surface area contributed by atoms with Crippen molar-refractivity contribution in [3.8, 4) is 5.75 Å². The lowest BCUT2D eigenvalue weighted by atomic mass is 10.1. The molecule has 1 N–H and O–H groups in total. The standard InChI is InChI=1S/C20H24FNO5S2/c1-14-11-16(7-8-17(14)21)29(25,26)20-13-28(23,24)12-18(20)22-10-9-15-5-3-4-6-19(15)27-2/h3-8,11,18,20,22H,9-10,12-13H2,1-2H3/t18-,20-/m0/s1. The molecule has 2 aromatic rings. The van der Waals surface area contributed by atoms with Crippen LogP contribution < -0.4 is 10.1 Å². The van der Waals surface area contributed by atoms with Gasteiger partial charge in [0.05, 0.1) is 28.8 Å². The van der Waals surface area contributed by atoms with E-state index in [0.29, 0.717) is 13.0 Å². The number of hydrogen-bond acceptors (Lipinski definition) is 6. The fourth-order valence-electron chi connectivity index (χ4n) is 3.58. The molecule has 29 heavy (non-hydrogen) atoms. The maximum Gasteiger partial charge on any atom is 0.183 e. The van der Waals surface area contributed by atoms with E-state index in [9.17, 15) is 21.2 Å². The zero-order valence-electron chi connectivity index (χ0n) is 16.3. The Balaban J connectivity index is 1.79. The third-order valence-electron chi connectivity index (χ3n) is 5.15. The predicted octanol–water partition coefficient (Wildman–Crippen LogP) is 1.91. The Hall–Kier alpha value is -1.97. The van der Waals surface area contributed by atoms with Crippen molar-refractivity contribution in [3.63, 3.8) is 0 Å². The zero-order chi connectivity index (χ0) is 21.2. The van der Waals surface area contributed by atoms with Crippen molar-refractivity contribution in [2.45, 2.75) is 29.5 Å². The van der Waals surface area contributed by atoms with Gasteiger partial charge in [0.1, 0.15) is 11.6 Å². The maximum atomic E-state index is 13.5. The Morgan fingerprint density at radius 3 is 2.59 bits per heavy atom. The van der Waals surface area contributed by atoms with Crippen LogP contribution in [0.3, 0.4) is 0 Å². The molecule has 0 aliphatic carbocycles. The number of sulfone groups is 2. The van der Waals surface area contributed by atoms with Gasteiger partial charge in [-0.15, -0.1) is 0 Å². The van der Waals surface area contributed by atoms with E-state index >= 15 is 0 Å². The van der Waals surface area contributed by atoms with Crippen LogP contribution in [0.1, 0.15) is 11.1 Å². The second kappa shape index (κ2) is 8.41. The van der Waals surface area contributed by atoms with Gasteiger partial charge in [-0.25, -0.2) is 21.2 Å². The Morgan fingerprint density at radius 2 is 1.90 bits per heavy atom. The third-order valence-corrected chi connectivity index (χ3v) is 9.30. The van der Waals surface area contributed by atoms with E-state index in [0.717, 1.165) is 17.4 Å². The first-order chi connectivity index (χ1) is 13.6. The monoisotopic (exact) mass is 441 g/mol. The normalized spacial score (nSPS) is 21.2. The Labute approximate surface area is 170 Å². The molecule has 9 heteroatoms. The molecule has 0 saturated carbocycles. The van der Waals surface area contributed by atoms with E-state index < -0.39 is 42.5 Å². The lowest BCUT2D eigenvalue weighted by Gasteiger charge is -2.20. The van der Waals surface area contributed by atoms with E-state index in [1.54, 1.807) is 7.11 Å². The fraction of sp³-hybridized carbons (Fsp3) is 0.400. The average molecular weight is 442 g/mol. The molecule has 6 nitrogen and oxygen atoms in total. The first-order valence-corrected chi connectivity index (χ1v) is 12.6. The number of ether oxygens (including phenoxy) is 1. The van der Waals surface area contributed by atoms with Crippen molar-refractivity contribution in [1.29, 1.82) is 0 Å². The highest BCUT2D eigenvalue weighted by atomic mass is 32.2. The summed E-state index contributed by atoms with van der Waals surface area (Å²) in [6.07, 6.45) is 0.559. The van der Waals surface area contributed by atoms with Crippen LogP contribution in [0.5, 0.6) is 5.75 Å². The van der Waals surface area contributed by atoms with Gasteiger partial charge in [0.25, 0.3) is 0 Å². The molecule has 0 radical (unpaired) electrons. The van der Waals surface area contributed by atoms with Crippen molar-refractivity contribution < 1.29 is 26.0 Å². The topological polar surface area (TPSA) is 89.5 Å². The van der Waals surface area contributed by atoms with Crippen LogP contribution in [0.25, 0.3) is 0 Å². The SMILES string of the molecule is COc1ccccc1CCN[C@H]1CS(=O)(=O)C[C@@H]1S(=O)(=O)c1ccc(F)c(C)c1. The second-order valence-corrected chi connectivity index (χ2v) is 11.5. The van der Waals surface area contributed by atoms with Crippen LogP contribution in [0.4, 0.5) is 4.39 Å². The minimum atomic E-state index is -3.94. The molecule has 2 aromatic carbocycles. The number of benzene rings is 2. The fourth-order valence-corrected chi connectivity index (χ4v) is 8.38. The minimum absolute atomic E-state index is 0.0602. The van der Waals surface area contributed by atoms with Crippen LogP contribution in [-0.4, -0.2) is 53.3 Å². The largest absolute Gasteiger partial charge is 0.496 e. The lowest BCUT2D eigenvalue weighted by molar-refractivity contribution is 0.408. The van der Waals surface area contributed by atoms with Gasteiger partial charge in [0.2, 0.25) is 0 Å². The van der Waals surface area contributed by atoms with E-state index in [1.165, 1.54) is 19.1 Å². The molecule has 158 valence electrons. The highest BCUT2D eigenvalue weighted by Gasteiger charge is 2.45. The molecular formula is C20H24FNO5S2. The van der Waals surface area contributed by atoms with Crippen molar-refractivity contribution >= 4 is 19.7 Å². The van der Waals surface area contributed by atoms with Gasteiger partial charge in [-0.2, -0.15) is 0 Å². The molecule has 1 aliphatic rings. The predicted molar refractivity (Wildman–Crippen MR) is 109 cm³/mol. The number of aryl methyl sites for hydroxylation is 1. The maximum absolute atomic E-state index is 13.5. The molecule has 1 aliphatic heterocycles. The van der Waals surface area contributed by atoms with Gasteiger partial charge in [-0.1, -0.05) is 18.2 Å². The summed E-state index contributed by atoms with van der Waals surface area (Å²) in [7, 11) is -5.87. The number of para-hydroxylation sites is 1. The van der Waals surface area contributed by atoms with Gasteiger partial charge in [-0.05, 0) is 55.3 Å². The van der Waals surface area contributed by atoms with Crippen LogP contribution in [0.15, 0.2) is 47.4 Å². The molecule has 1 fully saturated rings. The summed E-state index contributed by atoms with van der Waals surface area (Å²) in [4.78, 5) is -0.0602. The molecule has 0 amide bonds. The lowest BCUT2D eigenvalue weighted by Crippen LogP contribution is -2.44. The van der Waals surface area contributed by atoms with E-state index in [1.807, 2.05) is 24.3 Å². The summed E-state index contributed by atoms with van der Waals surface area (Å²) in [6, 6.07) is 10.3. The molecule has 0 unspecified atom stereocenters. The van der Waals surface area contributed by atoms with Crippen LogP contribution >= 0.6 is 0 Å². The molecule has 2 atom stereocenters. The van der Waals surface area contributed by atoms with Crippen LogP contribution in [0.2, 0.25) is 0 Å². The van der Waals surface area contributed by atoms with Crippen molar-refractivity contribution in [2.24, 2.45) is 0 Å². The first kappa shape index (κ1) is 21.7. The minimum Gasteiger partial charge on any atom is -0.496 e. The smallest absolute Gasteiger partial charge is 0.183 e. The summed E-state index contributed by atoms with van der Waals surface area (Å²) in [5.74, 6) is -0.477. The van der Waals surface area contributed by atoms with Gasteiger partial charge in [0, 0.05) is 6.04 Å². The van der Waals surface area contributed by atoms with E-state index in [4.69, 9.17) is 4.74 Å². The van der Waals surface area contributed by atoms with Gasteiger partial charge >= 0.3 is 0 Å². The molecule has 0 aromatic heterocycles. The number of nitrogens with one attached hydrogen (secondary N) is 1. The summed E-state index contributed by atoms with van der Waals surface area (Å²) < 4.78 is 69.4. The zero-order valence-corrected chi connectivity index (χ0v) is 17.9. The van der Waals surface area contributed by atoms with Crippen LogP contribution in [-0.2, 0) is 26.1 Å². The van der Waals surface area contributed by atoms with Crippen molar-refractivity contribution in [1.82, 2.24) is 5.32 Å². The molecule has 1 heterocycles. The number of methoxy groups -OCH3 is 1. The summed E-state index contributed by atoms with van der Waals surface area (Å²) in [5, 5.41) is 1.99. The molecule has 0 spiro atoms. The van der Waals surface area contributed by atoms with Crippen molar-refractivity contribution in [2.75, 3.05) is 25.2 Å². The third kappa shape index (κ3) is 4.79. The Kier molecular flexibility index (Phi) is 6.30. The molecule has 0 bridgehead atoms. The van der Waals surface area contributed by atoms with Gasteiger partial charge in [-0.3, -0.25) is 0 Å². The number of hydrogen-bond donors (Lipinski definition) is 1. The summed E-state index contributed by atoms with van der Waals surface area (Å²) in [6.45, 7) is 1.87. The Bertz CT molecular complexity index is 1100. The first-order valence-electron chi connectivity index (χ1n) is 9.20. The van der Waals surface area contributed by atoms with Crippen molar-refractivity contribution in [3.05, 3.63) is 59.4 Å². The van der Waals surface area contributed by atoms with E-state index in [2.05, 4.69) is 5.32 Å². The van der Waals surface area contributed by atoms with Crippen LogP contribution in [0, 0.1) is 12.7 Å². The number of rotatable bonds is 7. The van der Waals surface area contributed by atoms with Gasteiger partial charge in [0.15, 0.2) is 19.7 Å². The molecule has 3 rings (SSSR count). The summed E-state index contributed by atoms with van der Waals surface area (Å²) in [5.41, 5.74) is 1.14. The quantitative estimate of drug-likeness (QED) is 0.661. The summed E-state index contributed by atoms with van der Waals surface area (Å²) >= 11 is 0. The Morgan fingerprint density at radius 1 is 1.17 bits per heavy atom. The second-order valence-electron chi connectivity index (χ2n) is 7.19.